The zero-order chi connectivity index (χ0) is 13.8. The van der Waals surface area contributed by atoms with Gasteiger partial charge >= 0.3 is 0 Å². The van der Waals surface area contributed by atoms with Crippen molar-refractivity contribution >= 4 is 11.6 Å². The summed E-state index contributed by atoms with van der Waals surface area (Å²) < 4.78 is 5.43. The number of benzene rings is 1. The topological polar surface area (TPSA) is 22.0 Å². The van der Waals surface area contributed by atoms with Crippen LogP contribution in [0.2, 0.25) is 5.02 Å². The molecule has 1 fully saturated rings. The number of piperazine rings is 1. The SMILES string of the molecule is Clc1ccccc1C[NH+]1CC[NH+](Cc2ccco2)CC1. The number of nitrogens with one attached hydrogen (secondary N) is 2. The maximum atomic E-state index is 6.24. The molecule has 2 heterocycles. The van der Waals surface area contributed by atoms with Gasteiger partial charge in [-0.05, 0) is 18.2 Å². The molecule has 3 nitrogen and oxygen atoms in total. The molecular formula is C16H21ClN2O+2. The van der Waals surface area contributed by atoms with Crippen molar-refractivity contribution in [3.63, 3.8) is 0 Å². The van der Waals surface area contributed by atoms with Gasteiger partial charge in [-0.2, -0.15) is 0 Å². The van der Waals surface area contributed by atoms with E-state index in [0.717, 1.165) is 23.9 Å². The third-order valence-electron chi connectivity index (χ3n) is 4.07. The smallest absolute Gasteiger partial charge is 0.157 e. The minimum Gasteiger partial charge on any atom is -0.463 e. The maximum absolute atomic E-state index is 6.24. The molecule has 0 spiro atoms. The van der Waals surface area contributed by atoms with E-state index >= 15 is 0 Å². The Morgan fingerprint density at radius 2 is 1.60 bits per heavy atom. The van der Waals surface area contributed by atoms with Crippen molar-refractivity contribution in [1.29, 1.82) is 0 Å². The Kier molecular flexibility index (Phi) is 4.41. The standard InChI is InChI=1S/C16H19ClN2O/c17-16-6-2-1-4-14(16)12-18-7-9-19(10-8-18)13-15-5-3-11-20-15/h1-6,11H,7-10,12-13H2/p+2. The van der Waals surface area contributed by atoms with Gasteiger partial charge in [-0.3, -0.25) is 0 Å². The van der Waals surface area contributed by atoms with Gasteiger partial charge in [-0.15, -0.1) is 0 Å². The monoisotopic (exact) mass is 292 g/mol. The van der Waals surface area contributed by atoms with E-state index in [1.807, 2.05) is 18.2 Å². The van der Waals surface area contributed by atoms with E-state index in [2.05, 4.69) is 18.2 Å². The molecule has 0 aliphatic carbocycles. The number of hydrogen-bond acceptors (Lipinski definition) is 1. The van der Waals surface area contributed by atoms with Crippen molar-refractivity contribution < 1.29 is 14.2 Å². The summed E-state index contributed by atoms with van der Waals surface area (Å²) in [5, 5.41) is 0.894. The molecule has 1 aliphatic rings. The first-order chi connectivity index (χ1) is 9.81. The molecule has 0 saturated carbocycles. The first kappa shape index (κ1) is 13.7. The summed E-state index contributed by atoms with van der Waals surface area (Å²) in [6, 6.07) is 12.2. The van der Waals surface area contributed by atoms with Crippen LogP contribution in [0.4, 0.5) is 0 Å². The van der Waals surface area contributed by atoms with Crippen LogP contribution in [0.25, 0.3) is 0 Å². The van der Waals surface area contributed by atoms with Crippen LogP contribution in [0.5, 0.6) is 0 Å². The second-order valence-corrected chi connectivity index (χ2v) is 5.93. The van der Waals surface area contributed by atoms with Crippen LogP contribution in [0.3, 0.4) is 0 Å². The molecule has 0 atom stereocenters. The van der Waals surface area contributed by atoms with Crippen molar-refractivity contribution in [2.24, 2.45) is 0 Å². The lowest BCUT2D eigenvalue weighted by Gasteiger charge is -2.29. The van der Waals surface area contributed by atoms with Crippen LogP contribution in [0, 0.1) is 0 Å². The Hall–Kier alpha value is -1.29. The fraction of sp³-hybridized carbons (Fsp3) is 0.375. The van der Waals surface area contributed by atoms with Gasteiger partial charge in [0.05, 0.1) is 6.26 Å². The molecule has 1 aromatic heterocycles. The average molecular weight is 293 g/mol. The summed E-state index contributed by atoms with van der Waals surface area (Å²) in [5.74, 6) is 1.09. The molecule has 106 valence electrons. The number of hydrogen-bond donors (Lipinski definition) is 2. The molecule has 4 heteroatoms. The number of halogens is 1. The van der Waals surface area contributed by atoms with Gasteiger partial charge in [0.2, 0.25) is 0 Å². The zero-order valence-electron chi connectivity index (χ0n) is 11.6. The van der Waals surface area contributed by atoms with Crippen molar-refractivity contribution in [3.05, 3.63) is 59.0 Å². The highest BCUT2D eigenvalue weighted by Gasteiger charge is 2.24. The van der Waals surface area contributed by atoms with E-state index in [-0.39, 0.29) is 0 Å². The van der Waals surface area contributed by atoms with Crippen molar-refractivity contribution in [2.45, 2.75) is 13.1 Å². The highest BCUT2D eigenvalue weighted by atomic mass is 35.5. The molecule has 0 bridgehead atoms. The lowest BCUT2D eigenvalue weighted by Crippen LogP contribution is -3.27. The van der Waals surface area contributed by atoms with Crippen LogP contribution in [0.1, 0.15) is 11.3 Å². The fourth-order valence-electron chi connectivity index (χ4n) is 2.88. The normalized spacial score (nSPS) is 22.9. The van der Waals surface area contributed by atoms with Gasteiger partial charge in [-0.1, -0.05) is 29.8 Å². The molecule has 0 radical (unpaired) electrons. The predicted molar refractivity (Wildman–Crippen MR) is 79.0 cm³/mol. The Morgan fingerprint density at radius 3 is 2.25 bits per heavy atom. The maximum Gasteiger partial charge on any atom is 0.157 e. The average Bonchev–Trinajstić information content (AvgIpc) is 2.96. The molecule has 0 unspecified atom stereocenters. The van der Waals surface area contributed by atoms with Gasteiger partial charge in [0, 0.05) is 10.6 Å². The van der Waals surface area contributed by atoms with Crippen molar-refractivity contribution in [1.82, 2.24) is 0 Å². The van der Waals surface area contributed by atoms with Crippen LogP contribution in [0.15, 0.2) is 47.1 Å². The molecule has 3 rings (SSSR count). The van der Waals surface area contributed by atoms with Crippen LogP contribution >= 0.6 is 11.6 Å². The Morgan fingerprint density at radius 1 is 0.900 bits per heavy atom. The van der Waals surface area contributed by atoms with Crippen LogP contribution in [-0.4, -0.2) is 26.2 Å². The fourth-order valence-corrected chi connectivity index (χ4v) is 3.08. The highest BCUT2D eigenvalue weighted by Crippen LogP contribution is 2.13. The van der Waals surface area contributed by atoms with E-state index in [1.165, 1.54) is 31.7 Å². The van der Waals surface area contributed by atoms with E-state index < -0.39 is 0 Å². The molecule has 2 aromatic rings. The molecular weight excluding hydrogens is 272 g/mol. The summed E-state index contributed by atoms with van der Waals surface area (Å²) in [6.45, 7) is 6.82. The van der Waals surface area contributed by atoms with Gasteiger partial charge in [0.1, 0.15) is 39.3 Å². The van der Waals surface area contributed by atoms with E-state index in [0.29, 0.717) is 0 Å². The van der Waals surface area contributed by atoms with Gasteiger partial charge < -0.3 is 14.2 Å². The van der Waals surface area contributed by atoms with E-state index in [4.69, 9.17) is 16.0 Å². The van der Waals surface area contributed by atoms with Crippen molar-refractivity contribution in [2.75, 3.05) is 26.2 Å². The number of quaternary nitrogens is 2. The lowest BCUT2D eigenvalue weighted by atomic mass is 10.2. The zero-order valence-corrected chi connectivity index (χ0v) is 12.3. The first-order valence-corrected chi connectivity index (χ1v) is 7.62. The molecule has 20 heavy (non-hydrogen) atoms. The van der Waals surface area contributed by atoms with Crippen LogP contribution in [-0.2, 0) is 13.1 Å². The second-order valence-electron chi connectivity index (χ2n) is 5.52. The number of furan rings is 1. The molecule has 0 amide bonds. The Labute approximate surface area is 124 Å². The second kappa shape index (κ2) is 6.44. The first-order valence-electron chi connectivity index (χ1n) is 7.24. The van der Waals surface area contributed by atoms with Gasteiger partial charge in [-0.25, -0.2) is 0 Å². The van der Waals surface area contributed by atoms with E-state index in [9.17, 15) is 0 Å². The highest BCUT2D eigenvalue weighted by molar-refractivity contribution is 6.31. The molecule has 1 saturated heterocycles. The van der Waals surface area contributed by atoms with E-state index in [1.54, 1.807) is 16.1 Å². The number of rotatable bonds is 4. The summed E-state index contributed by atoms with van der Waals surface area (Å²) in [5.41, 5.74) is 1.26. The summed E-state index contributed by atoms with van der Waals surface area (Å²) in [7, 11) is 0. The largest absolute Gasteiger partial charge is 0.463 e. The third kappa shape index (κ3) is 3.42. The van der Waals surface area contributed by atoms with Crippen LogP contribution < -0.4 is 9.80 Å². The molecule has 1 aliphatic heterocycles. The Bertz CT molecular complexity index is 533. The summed E-state index contributed by atoms with van der Waals surface area (Å²) in [4.78, 5) is 3.24. The molecule has 1 aromatic carbocycles. The van der Waals surface area contributed by atoms with Crippen molar-refractivity contribution in [3.8, 4) is 0 Å². The predicted octanol–water partition coefficient (Wildman–Crippen LogP) is 0.417. The molecule has 2 N–H and O–H groups in total. The quantitative estimate of drug-likeness (QED) is 0.838. The third-order valence-corrected chi connectivity index (χ3v) is 4.44. The summed E-state index contributed by atoms with van der Waals surface area (Å²) >= 11 is 6.24. The minimum atomic E-state index is 0.894. The lowest BCUT2D eigenvalue weighted by molar-refractivity contribution is -1.02. The summed E-state index contributed by atoms with van der Waals surface area (Å²) in [6.07, 6.45) is 1.76. The minimum absolute atomic E-state index is 0.894. The van der Waals surface area contributed by atoms with Gasteiger partial charge in [0.15, 0.2) is 5.76 Å². The van der Waals surface area contributed by atoms with Gasteiger partial charge in [0.25, 0.3) is 0 Å². The Balaban J connectivity index is 1.50.